The first-order valence-corrected chi connectivity index (χ1v) is 6.59. The molecule has 20 heavy (non-hydrogen) atoms. The second-order valence-electron chi connectivity index (χ2n) is 4.28. The Hall–Kier alpha value is -2.00. The van der Waals surface area contributed by atoms with Crippen molar-refractivity contribution in [2.45, 2.75) is 13.0 Å². The standard InChI is InChI=1S/C16H15ClO3/c1-11(16(18)12-7-9-13(17)10-8-12)20-15-6-4-3-5-14(15)19-2/h3-11H,1-2H3/t11-/m0/s1. The molecule has 0 unspecified atom stereocenters. The molecule has 0 radical (unpaired) electrons. The number of halogens is 1. The molecule has 0 aromatic heterocycles. The number of ether oxygens (including phenoxy) is 2. The van der Waals surface area contributed by atoms with Gasteiger partial charge in [-0.1, -0.05) is 23.7 Å². The second-order valence-corrected chi connectivity index (χ2v) is 4.72. The number of hydrogen-bond donors (Lipinski definition) is 0. The van der Waals surface area contributed by atoms with Gasteiger partial charge >= 0.3 is 0 Å². The lowest BCUT2D eigenvalue weighted by Gasteiger charge is -2.16. The molecule has 1 atom stereocenters. The normalized spacial score (nSPS) is 11.8. The van der Waals surface area contributed by atoms with E-state index < -0.39 is 6.10 Å². The molecular formula is C16H15ClO3. The highest BCUT2D eigenvalue weighted by atomic mass is 35.5. The average Bonchev–Trinajstić information content (AvgIpc) is 2.48. The summed E-state index contributed by atoms with van der Waals surface area (Å²) in [6.07, 6.45) is -0.604. The monoisotopic (exact) mass is 290 g/mol. The van der Waals surface area contributed by atoms with Gasteiger partial charge in [0.2, 0.25) is 5.78 Å². The van der Waals surface area contributed by atoms with Crippen LogP contribution < -0.4 is 9.47 Å². The van der Waals surface area contributed by atoms with Crippen LogP contribution in [-0.2, 0) is 0 Å². The van der Waals surface area contributed by atoms with Crippen LogP contribution >= 0.6 is 11.6 Å². The van der Waals surface area contributed by atoms with E-state index in [1.807, 2.05) is 12.1 Å². The summed E-state index contributed by atoms with van der Waals surface area (Å²) in [5.41, 5.74) is 0.566. The zero-order chi connectivity index (χ0) is 14.5. The van der Waals surface area contributed by atoms with Gasteiger partial charge < -0.3 is 9.47 Å². The first-order chi connectivity index (χ1) is 9.61. The number of hydrogen-bond acceptors (Lipinski definition) is 3. The van der Waals surface area contributed by atoms with Crippen LogP contribution in [0.5, 0.6) is 11.5 Å². The number of carbonyl (C=O) groups excluding carboxylic acids is 1. The van der Waals surface area contributed by atoms with E-state index in [0.717, 1.165) is 0 Å². The number of carbonyl (C=O) groups is 1. The number of methoxy groups -OCH3 is 1. The van der Waals surface area contributed by atoms with Crippen molar-refractivity contribution in [2.75, 3.05) is 7.11 Å². The van der Waals surface area contributed by atoms with E-state index in [2.05, 4.69) is 0 Å². The molecule has 104 valence electrons. The van der Waals surface area contributed by atoms with E-state index in [1.165, 1.54) is 0 Å². The van der Waals surface area contributed by atoms with Gasteiger partial charge in [-0.2, -0.15) is 0 Å². The molecule has 0 aliphatic carbocycles. The molecule has 2 rings (SSSR count). The van der Waals surface area contributed by atoms with Crippen LogP contribution in [-0.4, -0.2) is 19.0 Å². The molecule has 0 spiro atoms. The summed E-state index contributed by atoms with van der Waals surface area (Å²) < 4.78 is 10.9. The Bertz CT molecular complexity index is 593. The van der Waals surface area contributed by atoms with Gasteiger partial charge in [0.05, 0.1) is 7.11 Å². The predicted molar refractivity (Wildman–Crippen MR) is 78.9 cm³/mol. The topological polar surface area (TPSA) is 35.5 Å². The van der Waals surface area contributed by atoms with E-state index >= 15 is 0 Å². The molecule has 0 N–H and O–H groups in total. The fraction of sp³-hybridized carbons (Fsp3) is 0.188. The summed E-state index contributed by atoms with van der Waals surface area (Å²) in [6.45, 7) is 1.71. The number of ketones is 1. The first kappa shape index (κ1) is 14.4. The van der Waals surface area contributed by atoms with E-state index in [-0.39, 0.29) is 5.78 Å². The summed E-state index contributed by atoms with van der Waals surface area (Å²) in [6, 6.07) is 14.0. The minimum absolute atomic E-state index is 0.104. The zero-order valence-corrected chi connectivity index (χ0v) is 12.1. The molecule has 0 aliphatic rings. The highest BCUT2D eigenvalue weighted by Gasteiger charge is 2.18. The van der Waals surface area contributed by atoms with Crippen molar-refractivity contribution in [1.29, 1.82) is 0 Å². The second kappa shape index (κ2) is 6.44. The van der Waals surface area contributed by atoms with Crippen molar-refractivity contribution < 1.29 is 14.3 Å². The molecule has 2 aromatic rings. The van der Waals surface area contributed by atoms with E-state index in [0.29, 0.717) is 22.1 Å². The largest absolute Gasteiger partial charge is 0.493 e. The van der Waals surface area contributed by atoms with Crippen molar-refractivity contribution in [3.63, 3.8) is 0 Å². The number of benzene rings is 2. The Morgan fingerprint density at radius 2 is 1.65 bits per heavy atom. The predicted octanol–water partition coefficient (Wildman–Crippen LogP) is 4.00. The van der Waals surface area contributed by atoms with Crippen molar-refractivity contribution in [3.8, 4) is 11.5 Å². The summed E-state index contributed by atoms with van der Waals surface area (Å²) in [5, 5.41) is 0.597. The molecule has 0 bridgehead atoms. The van der Waals surface area contributed by atoms with Gasteiger partial charge in [0.15, 0.2) is 17.6 Å². The Balaban J connectivity index is 2.13. The summed E-state index contributed by atoms with van der Waals surface area (Å²) in [5.74, 6) is 1.04. The quantitative estimate of drug-likeness (QED) is 0.781. The van der Waals surface area contributed by atoms with Gasteiger partial charge in [-0.05, 0) is 43.3 Å². The number of para-hydroxylation sites is 2. The summed E-state index contributed by atoms with van der Waals surface area (Å²) in [7, 11) is 1.56. The lowest BCUT2D eigenvalue weighted by Crippen LogP contribution is -2.24. The maximum atomic E-state index is 12.3. The molecule has 0 aliphatic heterocycles. The molecule has 0 amide bonds. The maximum Gasteiger partial charge on any atom is 0.202 e. The van der Waals surface area contributed by atoms with Crippen LogP contribution in [0, 0.1) is 0 Å². The summed E-state index contributed by atoms with van der Waals surface area (Å²) >= 11 is 5.81. The highest BCUT2D eigenvalue weighted by Crippen LogP contribution is 2.27. The van der Waals surface area contributed by atoms with Gasteiger partial charge in [-0.15, -0.1) is 0 Å². The SMILES string of the molecule is COc1ccccc1O[C@@H](C)C(=O)c1ccc(Cl)cc1. The fourth-order valence-corrected chi connectivity index (χ4v) is 1.93. The van der Waals surface area contributed by atoms with Crippen LogP contribution in [0.3, 0.4) is 0 Å². The molecule has 0 saturated carbocycles. The maximum absolute atomic E-state index is 12.3. The Morgan fingerprint density at radius 1 is 1.05 bits per heavy atom. The van der Waals surface area contributed by atoms with Crippen LogP contribution in [0.25, 0.3) is 0 Å². The van der Waals surface area contributed by atoms with Crippen molar-refractivity contribution in [2.24, 2.45) is 0 Å². The molecule has 4 heteroatoms. The Morgan fingerprint density at radius 3 is 2.25 bits per heavy atom. The minimum atomic E-state index is -0.604. The van der Waals surface area contributed by atoms with E-state index in [4.69, 9.17) is 21.1 Å². The van der Waals surface area contributed by atoms with Crippen molar-refractivity contribution in [1.82, 2.24) is 0 Å². The van der Waals surface area contributed by atoms with E-state index in [1.54, 1.807) is 50.4 Å². The smallest absolute Gasteiger partial charge is 0.202 e. The average molecular weight is 291 g/mol. The zero-order valence-electron chi connectivity index (χ0n) is 11.3. The van der Waals surface area contributed by atoms with Crippen LogP contribution in [0.15, 0.2) is 48.5 Å². The third-order valence-corrected chi connectivity index (χ3v) is 3.12. The molecular weight excluding hydrogens is 276 g/mol. The third-order valence-electron chi connectivity index (χ3n) is 2.87. The lowest BCUT2D eigenvalue weighted by molar-refractivity contribution is 0.0814. The van der Waals surface area contributed by atoms with Gasteiger partial charge in [-0.25, -0.2) is 0 Å². The molecule has 2 aromatic carbocycles. The van der Waals surface area contributed by atoms with Crippen molar-refractivity contribution in [3.05, 3.63) is 59.1 Å². The molecule has 3 nitrogen and oxygen atoms in total. The Labute approximate surface area is 123 Å². The van der Waals surface area contributed by atoms with Gasteiger partial charge in [0, 0.05) is 10.6 Å². The third kappa shape index (κ3) is 3.31. The molecule has 0 saturated heterocycles. The minimum Gasteiger partial charge on any atom is -0.493 e. The van der Waals surface area contributed by atoms with Crippen LogP contribution in [0.1, 0.15) is 17.3 Å². The van der Waals surface area contributed by atoms with Crippen LogP contribution in [0.2, 0.25) is 5.02 Å². The van der Waals surface area contributed by atoms with Crippen molar-refractivity contribution >= 4 is 17.4 Å². The van der Waals surface area contributed by atoms with Gasteiger partial charge in [-0.3, -0.25) is 4.79 Å². The van der Waals surface area contributed by atoms with Gasteiger partial charge in [0.1, 0.15) is 0 Å². The number of Topliss-reactive ketones (excluding diaryl/α,β-unsaturated/α-hetero) is 1. The summed E-state index contributed by atoms with van der Waals surface area (Å²) in [4.78, 5) is 12.3. The van der Waals surface area contributed by atoms with E-state index in [9.17, 15) is 4.79 Å². The molecule has 0 fully saturated rings. The molecule has 0 heterocycles. The highest BCUT2D eigenvalue weighted by molar-refractivity contribution is 6.30. The van der Waals surface area contributed by atoms with Gasteiger partial charge in [0.25, 0.3) is 0 Å². The Kier molecular flexibility index (Phi) is 4.64. The van der Waals surface area contributed by atoms with Crippen LogP contribution in [0.4, 0.5) is 0 Å². The first-order valence-electron chi connectivity index (χ1n) is 6.21. The lowest BCUT2D eigenvalue weighted by atomic mass is 10.1. The number of rotatable bonds is 5. The fourth-order valence-electron chi connectivity index (χ4n) is 1.81.